The molecule has 0 N–H and O–H groups in total. The summed E-state index contributed by atoms with van der Waals surface area (Å²) in [6.45, 7) is 7.28. The van der Waals surface area contributed by atoms with Crippen molar-refractivity contribution in [2.45, 2.75) is 46.5 Å². The third-order valence-corrected chi connectivity index (χ3v) is 9.14. The van der Waals surface area contributed by atoms with Crippen LogP contribution in [0.2, 0.25) is 5.02 Å². The number of carbonyl (C=O) groups is 1. The Labute approximate surface area is 248 Å². The van der Waals surface area contributed by atoms with Crippen LogP contribution in [-0.2, 0) is 17.6 Å². The van der Waals surface area contributed by atoms with Crippen LogP contribution in [-0.4, -0.2) is 43.1 Å². The van der Waals surface area contributed by atoms with Gasteiger partial charge < -0.3 is 4.90 Å². The van der Waals surface area contributed by atoms with E-state index >= 15 is 0 Å². The van der Waals surface area contributed by atoms with Gasteiger partial charge in [0.1, 0.15) is 5.69 Å². The van der Waals surface area contributed by atoms with Crippen LogP contribution < -0.4 is 5.56 Å². The highest BCUT2D eigenvalue weighted by molar-refractivity contribution is 7.15. The molecule has 0 atom stereocenters. The molecule has 1 aliphatic heterocycles. The highest BCUT2D eigenvalue weighted by Gasteiger charge is 2.25. The molecule has 0 aliphatic carbocycles. The van der Waals surface area contributed by atoms with Gasteiger partial charge in [-0.2, -0.15) is 5.10 Å². The van der Waals surface area contributed by atoms with Crippen molar-refractivity contribution in [1.82, 2.24) is 24.1 Å². The number of aryl methyl sites for hydroxylation is 3. The van der Waals surface area contributed by atoms with Crippen LogP contribution in [0.3, 0.4) is 0 Å². The number of fused-ring (bicyclic) bond motifs is 1. The Hall–Kier alpha value is -3.75. The van der Waals surface area contributed by atoms with Crippen molar-refractivity contribution in [1.29, 1.82) is 0 Å². The average molecular weight is 586 g/mol. The van der Waals surface area contributed by atoms with E-state index in [0.29, 0.717) is 38.5 Å². The third kappa shape index (κ3) is 5.46. The molecule has 6 rings (SSSR count). The molecule has 7 nitrogen and oxygen atoms in total. The smallest absolute Gasteiger partial charge is 0.268 e. The number of amides is 1. The quantitative estimate of drug-likeness (QED) is 0.237. The van der Waals surface area contributed by atoms with Gasteiger partial charge in [-0.3, -0.25) is 14.0 Å². The Kier molecular flexibility index (Phi) is 7.53. The summed E-state index contributed by atoms with van der Waals surface area (Å²) in [6, 6.07) is 18.1. The second-order valence-corrected chi connectivity index (χ2v) is 12.2. The van der Waals surface area contributed by atoms with Crippen LogP contribution in [0, 0.1) is 26.7 Å². The Morgan fingerprint density at radius 2 is 1.80 bits per heavy atom. The molecule has 5 aromatic rings. The molecule has 4 heterocycles. The van der Waals surface area contributed by atoms with Gasteiger partial charge >= 0.3 is 0 Å². The minimum Gasteiger partial charge on any atom is -0.342 e. The van der Waals surface area contributed by atoms with Crippen molar-refractivity contribution in [3.63, 3.8) is 0 Å². The standard InChI is InChI=1S/C32H32ClN5O2S/c1-20-9-10-25(33)17-28(20)38-21(2)15-27(35-38)30-22(3)34-32-37(31(30)40)26(19-41-32)18-29(39)36-13-11-24(12-14-36)16-23-7-5-4-6-8-23/h4-10,15,17,19,24H,11-14,16,18H2,1-3H3. The molecule has 0 spiro atoms. The maximum atomic E-state index is 13.9. The van der Waals surface area contributed by atoms with Crippen LogP contribution in [0.15, 0.2) is 64.8 Å². The van der Waals surface area contributed by atoms with E-state index in [2.05, 4.69) is 24.3 Å². The van der Waals surface area contributed by atoms with Gasteiger partial charge in [0, 0.05) is 34.9 Å². The molecule has 1 fully saturated rings. The van der Waals surface area contributed by atoms with Crippen molar-refractivity contribution in [2.24, 2.45) is 5.92 Å². The van der Waals surface area contributed by atoms with Crippen molar-refractivity contribution < 1.29 is 4.79 Å². The fourth-order valence-corrected chi connectivity index (χ4v) is 6.87. The molecule has 0 saturated carbocycles. The maximum Gasteiger partial charge on any atom is 0.268 e. The first-order valence-corrected chi connectivity index (χ1v) is 15.2. The van der Waals surface area contributed by atoms with E-state index in [0.717, 1.165) is 49.3 Å². The summed E-state index contributed by atoms with van der Waals surface area (Å²) in [5.41, 5.74) is 6.19. The van der Waals surface area contributed by atoms with Crippen molar-refractivity contribution in [2.75, 3.05) is 13.1 Å². The highest BCUT2D eigenvalue weighted by atomic mass is 35.5. The fourth-order valence-electron chi connectivity index (χ4n) is 5.78. The van der Waals surface area contributed by atoms with E-state index in [1.165, 1.54) is 16.9 Å². The molecule has 0 unspecified atom stereocenters. The Bertz CT molecular complexity index is 1800. The van der Waals surface area contributed by atoms with Crippen LogP contribution in [0.5, 0.6) is 0 Å². The number of thiazole rings is 1. The molecule has 1 amide bonds. The molecule has 0 radical (unpaired) electrons. The van der Waals surface area contributed by atoms with Gasteiger partial charge in [0.05, 0.1) is 23.4 Å². The number of benzene rings is 2. The zero-order valence-electron chi connectivity index (χ0n) is 23.4. The molecule has 3 aromatic heterocycles. The first kappa shape index (κ1) is 27.4. The zero-order valence-corrected chi connectivity index (χ0v) is 25.0. The number of halogens is 1. The van der Waals surface area contributed by atoms with Crippen molar-refractivity contribution in [3.05, 3.63) is 104 Å². The summed E-state index contributed by atoms with van der Waals surface area (Å²) in [6.07, 6.45) is 3.20. The molecule has 0 bridgehead atoms. The normalized spacial score (nSPS) is 14.2. The summed E-state index contributed by atoms with van der Waals surface area (Å²) in [7, 11) is 0. The minimum absolute atomic E-state index is 0.0495. The highest BCUT2D eigenvalue weighted by Crippen LogP contribution is 2.27. The number of rotatable bonds is 6. The third-order valence-electron chi connectivity index (χ3n) is 8.03. The lowest BCUT2D eigenvalue weighted by molar-refractivity contribution is -0.131. The second kappa shape index (κ2) is 11.3. The molecular formula is C32H32ClN5O2S. The maximum absolute atomic E-state index is 13.9. The monoisotopic (exact) mass is 585 g/mol. The number of aromatic nitrogens is 4. The first-order chi connectivity index (χ1) is 19.8. The summed E-state index contributed by atoms with van der Waals surface area (Å²) in [5, 5.41) is 7.30. The van der Waals surface area contributed by atoms with E-state index in [1.807, 2.05) is 66.1 Å². The predicted molar refractivity (Wildman–Crippen MR) is 164 cm³/mol. The zero-order chi connectivity index (χ0) is 28.7. The van der Waals surface area contributed by atoms with E-state index in [9.17, 15) is 9.59 Å². The number of likely N-dealkylation sites (tertiary alicyclic amines) is 1. The first-order valence-electron chi connectivity index (χ1n) is 13.9. The van der Waals surface area contributed by atoms with E-state index in [-0.39, 0.29) is 17.9 Å². The summed E-state index contributed by atoms with van der Waals surface area (Å²) < 4.78 is 3.40. The van der Waals surface area contributed by atoms with Gasteiger partial charge in [0.15, 0.2) is 4.96 Å². The van der Waals surface area contributed by atoms with Crippen LogP contribution >= 0.6 is 22.9 Å². The van der Waals surface area contributed by atoms with E-state index < -0.39 is 0 Å². The van der Waals surface area contributed by atoms with Gasteiger partial charge in [-0.05, 0) is 75.3 Å². The molecule has 9 heteroatoms. The number of piperidine rings is 1. The topological polar surface area (TPSA) is 72.5 Å². The summed E-state index contributed by atoms with van der Waals surface area (Å²) in [4.78, 5) is 34.5. The Morgan fingerprint density at radius 1 is 1.05 bits per heavy atom. The molecular weight excluding hydrogens is 554 g/mol. The van der Waals surface area contributed by atoms with Gasteiger partial charge in [0.2, 0.25) is 5.91 Å². The number of nitrogens with zero attached hydrogens (tertiary/aromatic N) is 5. The van der Waals surface area contributed by atoms with E-state index in [4.69, 9.17) is 21.7 Å². The van der Waals surface area contributed by atoms with Crippen molar-refractivity contribution >= 4 is 33.8 Å². The van der Waals surface area contributed by atoms with Gasteiger partial charge in [-0.15, -0.1) is 11.3 Å². The van der Waals surface area contributed by atoms with Crippen molar-refractivity contribution in [3.8, 4) is 16.9 Å². The second-order valence-electron chi connectivity index (χ2n) is 10.9. The van der Waals surface area contributed by atoms with Crippen LogP contribution in [0.1, 0.15) is 41.1 Å². The molecule has 2 aromatic carbocycles. The van der Waals surface area contributed by atoms with Crippen LogP contribution in [0.25, 0.3) is 21.9 Å². The van der Waals surface area contributed by atoms with E-state index in [1.54, 1.807) is 4.40 Å². The van der Waals surface area contributed by atoms with Crippen LogP contribution in [0.4, 0.5) is 0 Å². The SMILES string of the molecule is Cc1ccc(Cl)cc1-n1nc(-c2c(C)nc3scc(CC(=O)N4CCC(Cc5ccccc5)CC4)n3c2=O)cc1C. The van der Waals surface area contributed by atoms with Gasteiger partial charge in [0.25, 0.3) is 5.56 Å². The lowest BCUT2D eigenvalue weighted by Crippen LogP contribution is -2.40. The molecule has 210 valence electrons. The van der Waals surface area contributed by atoms with Gasteiger partial charge in [-0.25, -0.2) is 9.67 Å². The van der Waals surface area contributed by atoms with Gasteiger partial charge in [-0.1, -0.05) is 48.0 Å². The molecule has 41 heavy (non-hydrogen) atoms. The minimum atomic E-state index is -0.203. The summed E-state index contributed by atoms with van der Waals surface area (Å²) in [5.74, 6) is 0.633. The Morgan fingerprint density at radius 3 is 2.56 bits per heavy atom. The fraction of sp³-hybridized carbons (Fsp3) is 0.312. The summed E-state index contributed by atoms with van der Waals surface area (Å²) >= 11 is 7.65. The Balaban J connectivity index is 1.24. The number of hydrogen-bond donors (Lipinski definition) is 0. The number of hydrogen-bond acceptors (Lipinski definition) is 5. The molecule has 1 aliphatic rings. The average Bonchev–Trinajstić information content (AvgIpc) is 3.54. The predicted octanol–water partition coefficient (Wildman–Crippen LogP) is 6.21. The number of carbonyl (C=O) groups excluding carboxylic acids is 1. The largest absolute Gasteiger partial charge is 0.342 e. The molecule has 1 saturated heterocycles. The lowest BCUT2D eigenvalue weighted by Gasteiger charge is -2.32. The lowest BCUT2D eigenvalue weighted by atomic mass is 9.90.